The van der Waals surface area contributed by atoms with Gasteiger partial charge in [0.25, 0.3) is 0 Å². The van der Waals surface area contributed by atoms with E-state index in [1.165, 1.54) is 16.8 Å². The average Bonchev–Trinajstić information content (AvgIpc) is 2.92. The van der Waals surface area contributed by atoms with E-state index in [1.54, 1.807) is 0 Å². The highest BCUT2D eigenvalue weighted by atomic mass is 32.1. The highest BCUT2D eigenvalue weighted by Gasteiger charge is 2.21. The second-order valence-electron chi connectivity index (χ2n) is 5.74. The van der Waals surface area contributed by atoms with E-state index >= 15 is 0 Å². The third kappa shape index (κ3) is 2.93. The van der Waals surface area contributed by atoms with Crippen molar-refractivity contribution in [2.75, 3.05) is 16.8 Å². The van der Waals surface area contributed by atoms with Crippen LogP contribution in [-0.4, -0.2) is 11.7 Å². The second-order valence-corrected chi connectivity index (χ2v) is 6.12. The Morgan fingerprint density at radius 3 is 2.52 bits per heavy atom. The van der Waals surface area contributed by atoms with Crippen LogP contribution in [-0.2, 0) is 6.42 Å². The Morgan fingerprint density at radius 2 is 1.81 bits per heavy atom. The molecular formula is C18H20N2S. The maximum absolute atomic E-state index is 5.57. The molecule has 1 N–H and O–H groups in total. The lowest BCUT2D eigenvalue weighted by molar-refractivity contribution is 0.867. The number of rotatable bonds is 2. The van der Waals surface area contributed by atoms with E-state index in [-0.39, 0.29) is 0 Å². The van der Waals surface area contributed by atoms with E-state index in [1.807, 2.05) is 0 Å². The van der Waals surface area contributed by atoms with Gasteiger partial charge in [-0.2, -0.15) is 0 Å². The van der Waals surface area contributed by atoms with Gasteiger partial charge in [-0.1, -0.05) is 44.2 Å². The predicted molar refractivity (Wildman–Crippen MR) is 94.2 cm³/mol. The number of para-hydroxylation sites is 1. The summed E-state index contributed by atoms with van der Waals surface area (Å²) in [5, 5.41) is 4.12. The van der Waals surface area contributed by atoms with Crippen LogP contribution in [0.2, 0.25) is 0 Å². The van der Waals surface area contributed by atoms with Crippen LogP contribution in [0, 0.1) is 0 Å². The SMILES string of the molecule is CC(C)c1ccc(NC(=S)N2CCc3ccccc32)cc1. The van der Waals surface area contributed by atoms with Gasteiger partial charge in [0.05, 0.1) is 0 Å². The molecule has 0 unspecified atom stereocenters. The van der Waals surface area contributed by atoms with Gasteiger partial charge in [0.15, 0.2) is 5.11 Å². The van der Waals surface area contributed by atoms with Gasteiger partial charge in [0.2, 0.25) is 0 Å². The van der Waals surface area contributed by atoms with Crippen LogP contribution in [0.3, 0.4) is 0 Å². The van der Waals surface area contributed by atoms with Crippen molar-refractivity contribution >= 4 is 28.7 Å². The fourth-order valence-electron chi connectivity index (χ4n) is 2.69. The molecule has 3 rings (SSSR count). The third-order valence-electron chi connectivity index (χ3n) is 3.96. The fraction of sp³-hybridized carbons (Fsp3) is 0.278. The Balaban J connectivity index is 1.73. The molecule has 0 aliphatic carbocycles. The van der Waals surface area contributed by atoms with Gasteiger partial charge in [-0.05, 0) is 53.9 Å². The van der Waals surface area contributed by atoms with Crippen molar-refractivity contribution in [2.45, 2.75) is 26.2 Å². The first kappa shape index (κ1) is 14.1. The molecule has 0 atom stereocenters. The average molecular weight is 296 g/mol. The van der Waals surface area contributed by atoms with Crippen molar-refractivity contribution in [3.8, 4) is 0 Å². The lowest BCUT2D eigenvalue weighted by Gasteiger charge is -2.21. The van der Waals surface area contributed by atoms with Gasteiger partial charge < -0.3 is 10.2 Å². The van der Waals surface area contributed by atoms with E-state index in [2.05, 4.69) is 72.6 Å². The van der Waals surface area contributed by atoms with Crippen molar-refractivity contribution in [3.05, 3.63) is 59.7 Å². The summed E-state index contributed by atoms with van der Waals surface area (Å²) in [6.07, 6.45) is 1.06. The Morgan fingerprint density at radius 1 is 1.10 bits per heavy atom. The highest BCUT2D eigenvalue weighted by molar-refractivity contribution is 7.80. The lowest BCUT2D eigenvalue weighted by Crippen LogP contribution is -2.33. The molecule has 2 aromatic rings. The zero-order chi connectivity index (χ0) is 14.8. The van der Waals surface area contributed by atoms with E-state index in [0.717, 1.165) is 23.8 Å². The van der Waals surface area contributed by atoms with Crippen LogP contribution in [0.25, 0.3) is 0 Å². The molecule has 0 bridgehead atoms. The minimum absolute atomic E-state index is 0.552. The van der Waals surface area contributed by atoms with E-state index < -0.39 is 0 Å². The lowest BCUT2D eigenvalue weighted by atomic mass is 10.0. The number of thiocarbonyl (C=S) groups is 1. The van der Waals surface area contributed by atoms with Gasteiger partial charge in [0, 0.05) is 17.9 Å². The van der Waals surface area contributed by atoms with Crippen LogP contribution >= 0.6 is 12.2 Å². The van der Waals surface area contributed by atoms with Gasteiger partial charge in [-0.15, -0.1) is 0 Å². The van der Waals surface area contributed by atoms with Crippen molar-refractivity contribution in [1.29, 1.82) is 0 Å². The van der Waals surface area contributed by atoms with Crippen molar-refractivity contribution < 1.29 is 0 Å². The maximum atomic E-state index is 5.57. The summed E-state index contributed by atoms with van der Waals surface area (Å²) in [7, 11) is 0. The molecule has 108 valence electrons. The molecular weight excluding hydrogens is 276 g/mol. The highest BCUT2D eigenvalue weighted by Crippen LogP contribution is 2.28. The first-order valence-electron chi connectivity index (χ1n) is 7.41. The summed E-state index contributed by atoms with van der Waals surface area (Å²) in [5.41, 5.74) is 5.00. The number of nitrogens with zero attached hydrogens (tertiary/aromatic N) is 1. The zero-order valence-electron chi connectivity index (χ0n) is 12.5. The smallest absolute Gasteiger partial charge is 0.177 e. The molecule has 1 aliphatic heterocycles. The quantitative estimate of drug-likeness (QED) is 0.817. The summed E-state index contributed by atoms with van der Waals surface area (Å²) < 4.78 is 0. The van der Waals surface area contributed by atoms with E-state index in [0.29, 0.717) is 5.92 Å². The summed E-state index contributed by atoms with van der Waals surface area (Å²) in [5.74, 6) is 0.552. The number of nitrogens with one attached hydrogen (secondary N) is 1. The number of hydrogen-bond acceptors (Lipinski definition) is 1. The molecule has 0 amide bonds. The Hall–Kier alpha value is -1.87. The molecule has 2 aromatic carbocycles. The summed E-state index contributed by atoms with van der Waals surface area (Å²) in [4.78, 5) is 2.18. The number of fused-ring (bicyclic) bond motifs is 1. The Kier molecular flexibility index (Phi) is 3.93. The predicted octanol–water partition coefficient (Wildman–Crippen LogP) is 4.57. The first-order valence-corrected chi connectivity index (χ1v) is 7.82. The van der Waals surface area contributed by atoms with Crippen LogP contribution in [0.5, 0.6) is 0 Å². The molecule has 0 saturated carbocycles. The molecule has 1 heterocycles. The topological polar surface area (TPSA) is 15.3 Å². The standard InChI is InChI=1S/C18H20N2S/c1-13(2)14-7-9-16(10-8-14)19-18(21)20-12-11-15-5-3-4-6-17(15)20/h3-10,13H,11-12H2,1-2H3,(H,19,21). The minimum Gasteiger partial charge on any atom is -0.332 e. The van der Waals surface area contributed by atoms with Gasteiger partial charge in [0.1, 0.15) is 0 Å². The van der Waals surface area contributed by atoms with Crippen LogP contribution in [0.1, 0.15) is 30.9 Å². The number of hydrogen-bond donors (Lipinski definition) is 1. The molecule has 0 aromatic heterocycles. The van der Waals surface area contributed by atoms with Crippen LogP contribution in [0.15, 0.2) is 48.5 Å². The minimum atomic E-state index is 0.552. The largest absolute Gasteiger partial charge is 0.332 e. The molecule has 1 aliphatic rings. The van der Waals surface area contributed by atoms with E-state index in [4.69, 9.17) is 12.2 Å². The van der Waals surface area contributed by atoms with Crippen molar-refractivity contribution in [1.82, 2.24) is 0 Å². The van der Waals surface area contributed by atoms with Gasteiger partial charge >= 0.3 is 0 Å². The van der Waals surface area contributed by atoms with Crippen molar-refractivity contribution in [2.24, 2.45) is 0 Å². The first-order chi connectivity index (χ1) is 10.1. The Bertz CT molecular complexity index is 647. The molecule has 3 heteroatoms. The normalized spacial score (nSPS) is 13.4. The summed E-state index contributed by atoms with van der Waals surface area (Å²) in [6, 6.07) is 17.0. The zero-order valence-corrected chi connectivity index (χ0v) is 13.3. The third-order valence-corrected chi connectivity index (χ3v) is 4.28. The molecule has 0 radical (unpaired) electrons. The van der Waals surface area contributed by atoms with Crippen LogP contribution in [0.4, 0.5) is 11.4 Å². The molecule has 2 nitrogen and oxygen atoms in total. The van der Waals surface area contributed by atoms with E-state index in [9.17, 15) is 0 Å². The van der Waals surface area contributed by atoms with Gasteiger partial charge in [-0.3, -0.25) is 0 Å². The number of anilines is 2. The second kappa shape index (κ2) is 5.86. The van der Waals surface area contributed by atoms with Crippen LogP contribution < -0.4 is 10.2 Å². The van der Waals surface area contributed by atoms with Crippen molar-refractivity contribution in [3.63, 3.8) is 0 Å². The summed E-state index contributed by atoms with van der Waals surface area (Å²) >= 11 is 5.57. The monoisotopic (exact) mass is 296 g/mol. The molecule has 0 spiro atoms. The summed E-state index contributed by atoms with van der Waals surface area (Å²) in [6.45, 7) is 5.36. The number of benzene rings is 2. The molecule has 0 fully saturated rings. The van der Waals surface area contributed by atoms with Gasteiger partial charge in [-0.25, -0.2) is 0 Å². The molecule has 21 heavy (non-hydrogen) atoms. The molecule has 0 saturated heterocycles. The Labute approximate surface area is 131 Å². The fourth-order valence-corrected chi connectivity index (χ4v) is 3.00. The maximum Gasteiger partial charge on any atom is 0.177 e.